The number of ether oxygens (including phenoxy) is 1. The highest BCUT2D eigenvalue weighted by Gasteiger charge is 2.26. The van der Waals surface area contributed by atoms with Crippen LogP contribution in [0.25, 0.3) is 0 Å². The number of likely N-dealkylation sites (tertiary alicyclic amines) is 1. The van der Waals surface area contributed by atoms with Gasteiger partial charge in [-0.3, -0.25) is 9.69 Å². The lowest BCUT2D eigenvalue weighted by atomic mass is 10.1. The molecule has 5 nitrogen and oxygen atoms in total. The van der Waals surface area contributed by atoms with E-state index in [1.807, 2.05) is 37.3 Å². The number of aryl methyl sites for hydroxylation is 1. The molecule has 3 heterocycles. The van der Waals surface area contributed by atoms with E-state index in [0.29, 0.717) is 25.3 Å². The van der Waals surface area contributed by atoms with Crippen LogP contribution in [0.3, 0.4) is 0 Å². The van der Waals surface area contributed by atoms with Crippen molar-refractivity contribution in [2.45, 2.75) is 39.0 Å². The molecule has 5 heteroatoms. The number of rotatable bonds is 5. The Bertz CT molecular complexity index is 762. The summed E-state index contributed by atoms with van der Waals surface area (Å²) in [4.78, 5) is 15.0. The van der Waals surface area contributed by atoms with E-state index in [2.05, 4.69) is 10.2 Å². The van der Waals surface area contributed by atoms with E-state index >= 15 is 0 Å². The monoisotopic (exact) mass is 340 g/mol. The molecule has 0 bridgehead atoms. The fraction of sp³-hybridized carbons (Fsp3) is 0.450. The Kier molecular flexibility index (Phi) is 4.59. The molecule has 1 amide bonds. The Labute approximate surface area is 148 Å². The van der Waals surface area contributed by atoms with E-state index in [9.17, 15) is 4.79 Å². The van der Waals surface area contributed by atoms with Gasteiger partial charge in [0.1, 0.15) is 11.5 Å². The summed E-state index contributed by atoms with van der Waals surface area (Å²) in [7, 11) is 0. The van der Waals surface area contributed by atoms with Crippen LogP contribution in [0, 0.1) is 6.92 Å². The molecule has 0 aliphatic carbocycles. The van der Waals surface area contributed by atoms with Gasteiger partial charge in [-0.2, -0.15) is 0 Å². The topological polar surface area (TPSA) is 54.7 Å². The molecular formula is C20H24N2O3. The highest BCUT2D eigenvalue weighted by atomic mass is 16.5. The maximum absolute atomic E-state index is 12.6. The number of hydrogen-bond donors (Lipinski definition) is 1. The summed E-state index contributed by atoms with van der Waals surface area (Å²) in [6, 6.07) is 9.92. The largest absolute Gasteiger partial charge is 0.465 e. The molecule has 1 saturated heterocycles. The maximum atomic E-state index is 12.6. The van der Waals surface area contributed by atoms with Crippen LogP contribution in [0.15, 0.2) is 34.7 Å². The van der Waals surface area contributed by atoms with Crippen molar-refractivity contribution in [3.8, 4) is 0 Å². The number of furan rings is 1. The lowest BCUT2D eigenvalue weighted by Gasteiger charge is -2.26. The van der Waals surface area contributed by atoms with Crippen LogP contribution in [0.2, 0.25) is 0 Å². The van der Waals surface area contributed by atoms with Gasteiger partial charge in [0.15, 0.2) is 0 Å². The van der Waals surface area contributed by atoms with Gasteiger partial charge >= 0.3 is 0 Å². The number of benzene rings is 1. The highest BCUT2D eigenvalue weighted by Crippen LogP contribution is 2.26. The van der Waals surface area contributed by atoms with E-state index in [1.54, 1.807) is 0 Å². The first-order valence-corrected chi connectivity index (χ1v) is 8.99. The lowest BCUT2D eigenvalue weighted by Crippen LogP contribution is -2.36. The number of nitrogens with one attached hydrogen (secondary N) is 1. The summed E-state index contributed by atoms with van der Waals surface area (Å²) in [5.74, 6) is 1.80. The van der Waals surface area contributed by atoms with Gasteiger partial charge in [-0.05, 0) is 68.2 Å². The first-order valence-electron chi connectivity index (χ1n) is 8.99. The van der Waals surface area contributed by atoms with Crippen molar-refractivity contribution in [3.05, 3.63) is 58.5 Å². The van der Waals surface area contributed by atoms with Crippen molar-refractivity contribution in [3.63, 3.8) is 0 Å². The van der Waals surface area contributed by atoms with E-state index < -0.39 is 0 Å². The number of hydrogen-bond acceptors (Lipinski definition) is 4. The summed E-state index contributed by atoms with van der Waals surface area (Å²) in [6.45, 7) is 5.85. The van der Waals surface area contributed by atoms with E-state index in [-0.39, 0.29) is 11.9 Å². The Morgan fingerprint density at radius 2 is 1.96 bits per heavy atom. The minimum atomic E-state index is -0.0397. The SMILES string of the molecule is Cc1ccc([C@H](CNC(=O)c2ccc3c(c2)COC3)N2CCCC2)o1. The molecule has 4 rings (SSSR count). The van der Waals surface area contributed by atoms with Gasteiger partial charge < -0.3 is 14.5 Å². The number of fused-ring (bicyclic) bond motifs is 1. The predicted molar refractivity (Wildman–Crippen MR) is 94.3 cm³/mol. The molecule has 25 heavy (non-hydrogen) atoms. The molecule has 0 spiro atoms. The molecule has 2 aliphatic heterocycles. The third-order valence-corrected chi connectivity index (χ3v) is 5.11. The molecule has 132 valence electrons. The minimum absolute atomic E-state index is 0.0397. The molecule has 0 saturated carbocycles. The Morgan fingerprint density at radius 3 is 2.72 bits per heavy atom. The Hall–Kier alpha value is -2.11. The van der Waals surface area contributed by atoms with Crippen LogP contribution in [0.5, 0.6) is 0 Å². The van der Waals surface area contributed by atoms with E-state index in [0.717, 1.165) is 30.2 Å². The van der Waals surface area contributed by atoms with Gasteiger partial charge in [0.05, 0.1) is 19.3 Å². The molecule has 1 aromatic carbocycles. The number of carbonyl (C=O) groups is 1. The molecule has 0 radical (unpaired) electrons. The third kappa shape index (κ3) is 3.48. The second kappa shape index (κ2) is 7.02. The van der Waals surface area contributed by atoms with Gasteiger partial charge in [-0.15, -0.1) is 0 Å². The molecule has 1 N–H and O–H groups in total. The van der Waals surface area contributed by atoms with Crippen molar-refractivity contribution in [2.24, 2.45) is 0 Å². The molecule has 2 aromatic rings. The summed E-state index contributed by atoms with van der Waals surface area (Å²) >= 11 is 0. The van der Waals surface area contributed by atoms with Crippen molar-refractivity contribution < 1.29 is 13.9 Å². The average molecular weight is 340 g/mol. The highest BCUT2D eigenvalue weighted by molar-refractivity contribution is 5.94. The van der Waals surface area contributed by atoms with Gasteiger partial charge in [-0.1, -0.05) is 6.07 Å². The first kappa shape index (κ1) is 16.4. The van der Waals surface area contributed by atoms with Gasteiger partial charge in [-0.25, -0.2) is 0 Å². The summed E-state index contributed by atoms with van der Waals surface area (Å²) in [6.07, 6.45) is 2.41. The van der Waals surface area contributed by atoms with Crippen molar-refractivity contribution >= 4 is 5.91 Å². The molecule has 2 aliphatic rings. The summed E-state index contributed by atoms with van der Waals surface area (Å²) in [5, 5.41) is 3.09. The number of carbonyl (C=O) groups excluding carboxylic acids is 1. The molecule has 1 fully saturated rings. The fourth-order valence-corrected chi connectivity index (χ4v) is 3.70. The van der Waals surface area contributed by atoms with Crippen LogP contribution in [-0.2, 0) is 18.0 Å². The molecular weight excluding hydrogens is 316 g/mol. The zero-order valence-corrected chi connectivity index (χ0v) is 14.6. The van der Waals surface area contributed by atoms with Gasteiger partial charge in [0.2, 0.25) is 0 Å². The summed E-state index contributed by atoms with van der Waals surface area (Å²) < 4.78 is 11.3. The average Bonchev–Trinajstić information content (AvgIpc) is 3.36. The molecule has 0 unspecified atom stereocenters. The number of amides is 1. The second-order valence-corrected chi connectivity index (χ2v) is 6.89. The molecule has 1 aromatic heterocycles. The van der Waals surface area contributed by atoms with Crippen LogP contribution in [-0.4, -0.2) is 30.4 Å². The van der Waals surface area contributed by atoms with E-state index in [1.165, 1.54) is 18.4 Å². The lowest BCUT2D eigenvalue weighted by molar-refractivity contribution is 0.0933. The third-order valence-electron chi connectivity index (χ3n) is 5.11. The van der Waals surface area contributed by atoms with Crippen molar-refractivity contribution in [1.82, 2.24) is 10.2 Å². The molecule has 1 atom stereocenters. The maximum Gasteiger partial charge on any atom is 0.251 e. The normalized spacial score (nSPS) is 18.3. The standard InChI is InChI=1S/C20H24N2O3/c1-14-4-7-19(25-14)18(22-8-2-3-9-22)11-21-20(23)15-5-6-16-12-24-13-17(16)10-15/h4-7,10,18H,2-3,8-9,11-13H2,1H3,(H,21,23)/t18-/m0/s1. The zero-order chi connectivity index (χ0) is 17.2. The van der Waals surface area contributed by atoms with Crippen LogP contribution in [0.4, 0.5) is 0 Å². The number of nitrogens with zero attached hydrogens (tertiary/aromatic N) is 1. The van der Waals surface area contributed by atoms with Crippen LogP contribution >= 0.6 is 0 Å². The Morgan fingerprint density at radius 1 is 1.16 bits per heavy atom. The summed E-state index contributed by atoms with van der Waals surface area (Å²) in [5.41, 5.74) is 2.99. The van der Waals surface area contributed by atoms with E-state index in [4.69, 9.17) is 9.15 Å². The Balaban J connectivity index is 1.46. The van der Waals surface area contributed by atoms with Crippen molar-refractivity contribution in [2.75, 3.05) is 19.6 Å². The quantitative estimate of drug-likeness (QED) is 0.908. The van der Waals surface area contributed by atoms with Crippen molar-refractivity contribution in [1.29, 1.82) is 0 Å². The predicted octanol–water partition coefficient (Wildman–Crippen LogP) is 3.19. The zero-order valence-electron chi connectivity index (χ0n) is 14.6. The fourth-order valence-electron chi connectivity index (χ4n) is 3.70. The van der Waals surface area contributed by atoms with Crippen LogP contribution < -0.4 is 5.32 Å². The first-order chi connectivity index (χ1) is 12.2. The smallest absolute Gasteiger partial charge is 0.251 e. The van der Waals surface area contributed by atoms with Gasteiger partial charge in [0.25, 0.3) is 5.91 Å². The minimum Gasteiger partial charge on any atom is -0.465 e. The van der Waals surface area contributed by atoms with Gasteiger partial charge in [0, 0.05) is 12.1 Å². The second-order valence-electron chi connectivity index (χ2n) is 6.89. The van der Waals surface area contributed by atoms with Crippen LogP contribution in [0.1, 0.15) is 51.9 Å².